The van der Waals surface area contributed by atoms with Gasteiger partial charge in [-0.3, -0.25) is 9.20 Å². The maximum atomic E-state index is 12.3. The van der Waals surface area contributed by atoms with Crippen LogP contribution >= 0.6 is 11.3 Å². The van der Waals surface area contributed by atoms with Crippen LogP contribution < -0.4 is 5.32 Å². The molecule has 0 atom stereocenters. The predicted octanol–water partition coefficient (Wildman–Crippen LogP) is 4.14. The van der Waals surface area contributed by atoms with Crippen LogP contribution in [0.3, 0.4) is 0 Å². The van der Waals surface area contributed by atoms with E-state index in [1.807, 2.05) is 61.9 Å². The Kier molecular flexibility index (Phi) is 3.93. The highest BCUT2D eigenvalue weighted by atomic mass is 32.1. The highest BCUT2D eigenvalue weighted by Crippen LogP contribution is 2.30. The van der Waals surface area contributed by atoms with Crippen LogP contribution in [-0.4, -0.2) is 20.3 Å². The summed E-state index contributed by atoms with van der Waals surface area (Å²) in [5.41, 5.74) is 2.38. The van der Waals surface area contributed by atoms with Crippen molar-refractivity contribution in [1.82, 2.24) is 14.4 Å². The number of aryl methyl sites for hydroxylation is 1. The summed E-state index contributed by atoms with van der Waals surface area (Å²) < 4.78 is 1.96. The number of amides is 1. The van der Waals surface area contributed by atoms with E-state index in [0.29, 0.717) is 12.2 Å². The highest BCUT2D eigenvalue weighted by molar-refractivity contribution is 7.09. The number of carbonyl (C=O) groups excluding carboxylic acids is 1. The van der Waals surface area contributed by atoms with Gasteiger partial charge in [0.25, 0.3) is 0 Å². The number of fused-ring (bicyclic) bond motifs is 1. The molecule has 3 rings (SSSR count). The number of nitrogens with one attached hydrogen (secondary N) is 1. The summed E-state index contributed by atoms with van der Waals surface area (Å²) in [6.07, 6.45) is 2.38. The lowest BCUT2D eigenvalue weighted by atomic mass is 9.92. The Balaban J connectivity index is 2.04. The number of aromatic nitrogens is 3. The van der Waals surface area contributed by atoms with E-state index in [0.717, 1.165) is 22.0 Å². The number of imidazole rings is 1. The number of carbonyl (C=O) groups is 1. The van der Waals surface area contributed by atoms with Gasteiger partial charge in [-0.25, -0.2) is 9.97 Å². The molecule has 0 aliphatic heterocycles. The molecule has 3 heterocycles. The minimum Gasteiger partial charge on any atom is -0.309 e. The average molecular weight is 328 g/mol. The molecule has 0 spiro atoms. The first-order valence-electron chi connectivity index (χ1n) is 7.53. The van der Waals surface area contributed by atoms with Crippen LogP contribution in [0.1, 0.15) is 32.2 Å². The van der Waals surface area contributed by atoms with Crippen LogP contribution in [0.25, 0.3) is 17.0 Å². The Labute approximate surface area is 139 Å². The highest BCUT2D eigenvalue weighted by Gasteiger charge is 2.21. The van der Waals surface area contributed by atoms with Crippen molar-refractivity contribution >= 4 is 28.7 Å². The van der Waals surface area contributed by atoms with E-state index < -0.39 is 0 Å². The van der Waals surface area contributed by atoms with Crippen molar-refractivity contribution in [3.63, 3.8) is 0 Å². The van der Waals surface area contributed by atoms with E-state index in [1.54, 1.807) is 11.3 Å². The number of pyridine rings is 1. The number of nitrogens with zero attached hydrogens (tertiary/aromatic N) is 3. The summed E-state index contributed by atoms with van der Waals surface area (Å²) in [6, 6.07) is 5.79. The molecule has 0 aromatic carbocycles. The van der Waals surface area contributed by atoms with Gasteiger partial charge < -0.3 is 5.32 Å². The molecule has 0 saturated heterocycles. The SMILES string of the molecule is Cc1nc(-c2c(NC(=O)CC(C)(C)C)nc3ccccn23)cs1. The molecule has 1 amide bonds. The Morgan fingerprint density at radius 1 is 1.30 bits per heavy atom. The third-order valence-corrected chi connectivity index (χ3v) is 4.11. The van der Waals surface area contributed by atoms with Gasteiger partial charge in [-0.15, -0.1) is 11.3 Å². The molecule has 0 aliphatic carbocycles. The van der Waals surface area contributed by atoms with Crippen molar-refractivity contribution in [2.75, 3.05) is 5.32 Å². The standard InChI is InChI=1S/C17H20N4OS/c1-11-18-12(10-23-11)15-16(20-14(22)9-17(2,3)4)19-13-7-5-6-8-21(13)15/h5-8,10H,9H2,1-4H3,(H,20,22). The van der Waals surface area contributed by atoms with Gasteiger partial charge >= 0.3 is 0 Å². The van der Waals surface area contributed by atoms with E-state index in [2.05, 4.69) is 15.3 Å². The van der Waals surface area contributed by atoms with Crippen molar-refractivity contribution in [3.05, 3.63) is 34.8 Å². The van der Waals surface area contributed by atoms with E-state index in [1.165, 1.54) is 0 Å². The van der Waals surface area contributed by atoms with Gasteiger partial charge in [0.1, 0.15) is 17.0 Å². The fourth-order valence-electron chi connectivity index (χ4n) is 2.46. The summed E-state index contributed by atoms with van der Waals surface area (Å²) in [5, 5.41) is 5.93. The maximum Gasteiger partial charge on any atom is 0.226 e. The van der Waals surface area contributed by atoms with Gasteiger partial charge in [-0.1, -0.05) is 26.8 Å². The molecule has 0 radical (unpaired) electrons. The number of thiazole rings is 1. The first-order valence-corrected chi connectivity index (χ1v) is 8.41. The summed E-state index contributed by atoms with van der Waals surface area (Å²) >= 11 is 1.58. The third-order valence-electron chi connectivity index (χ3n) is 3.34. The molecule has 6 heteroatoms. The van der Waals surface area contributed by atoms with E-state index in [4.69, 9.17) is 0 Å². The summed E-state index contributed by atoms with van der Waals surface area (Å²) in [6.45, 7) is 8.10. The van der Waals surface area contributed by atoms with E-state index >= 15 is 0 Å². The average Bonchev–Trinajstić information content (AvgIpc) is 2.99. The quantitative estimate of drug-likeness (QED) is 0.786. The fourth-order valence-corrected chi connectivity index (χ4v) is 3.06. The lowest BCUT2D eigenvalue weighted by molar-refractivity contribution is -0.117. The lowest BCUT2D eigenvalue weighted by Gasteiger charge is -2.16. The molecular formula is C17H20N4OS. The number of hydrogen-bond donors (Lipinski definition) is 1. The first-order chi connectivity index (χ1) is 10.8. The zero-order valence-corrected chi connectivity index (χ0v) is 14.6. The second-order valence-corrected chi connectivity index (χ2v) is 7.84. The van der Waals surface area contributed by atoms with Crippen LogP contribution in [-0.2, 0) is 4.79 Å². The summed E-state index contributed by atoms with van der Waals surface area (Å²) in [5.74, 6) is 0.532. The van der Waals surface area contributed by atoms with Gasteiger partial charge in [0, 0.05) is 18.0 Å². The molecule has 0 saturated carbocycles. The van der Waals surface area contributed by atoms with Gasteiger partial charge in [0.2, 0.25) is 5.91 Å². The number of rotatable bonds is 3. The zero-order chi connectivity index (χ0) is 16.6. The molecule has 120 valence electrons. The molecule has 0 aliphatic rings. The molecule has 0 bridgehead atoms. The van der Waals surface area contributed by atoms with Crippen LogP contribution in [0, 0.1) is 12.3 Å². The lowest BCUT2D eigenvalue weighted by Crippen LogP contribution is -2.20. The van der Waals surface area contributed by atoms with Gasteiger partial charge in [-0.2, -0.15) is 0 Å². The predicted molar refractivity (Wildman–Crippen MR) is 93.7 cm³/mol. The normalized spacial score (nSPS) is 11.8. The van der Waals surface area contributed by atoms with Crippen molar-refractivity contribution in [3.8, 4) is 11.4 Å². The molecule has 0 unspecified atom stereocenters. The molecule has 5 nitrogen and oxygen atoms in total. The largest absolute Gasteiger partial charge is 0.309 e. The summed E-state index contributed by atoms with van der Waals surface area (Å²) in [7, 11) is 0. The molecular weight excluding hydrogens is 308 g/mol. The van der Waals surface area contributed by atoms with Crippen LogP contribution in [0.5, 0.6) is 0 Å². The maximum absolute atomic E-state index is 12.3. The Morgan fingerprint density at radius 3 is 2.74 bits per heavy atom. The minimum atomic E-state index is -0.0688. The van der Waals surface area contributed by atoms with Crippen molar-refractivity contribution in [2.24, 2.45) is 5.41 Å². The Hall–Kier alpha value is -2.21. The molecule has 3 aromatic rings. The third kappa shape index (κ3) is 3.42. The second-order valence-electron chi connectivity index (χ2n) is 6.78. The number of hydrogen-bond acceptors (Lipinski definition) is 4. The van der Waals surface area contributed by atoms with Crippen LogP contribution in [0.4, 0.5) is 5.82 Å². The molecule has 0 fully saturated rings. The zero-order valence-electron chi connectivity index (χ0n) is 13.8. The van der Waals surface area contributed by atoms with Crippen molar-refractivity contribution in [1.29, 1.82) is 0 Å². The topological polar surface area (TPSA) is 59.3 Å². The van der Waals surface area contributed by atoms with Gasteiger partial charge in [-0.05, 0) is 24.5 Å². The summed E-state index contributed by atoms with van der Waals surface area (Å²) in [4.78, 5) is 21.4. The Bertz CT molecular complexity index is 857. The fraction of sp³-hybridized carbons (Fsp3) is 0.353. The smallest absolute Gasteiger partial charge is 0.226 e. The van der Waals surface area contributed by atoms with Crippen LogP contribution in [0.2, 0.25) is 0 Å². The van der Waals surface area contributed by atoms with E-state index in [9.17, 15) is 4.79 Å². The number of anilines is 1. The van der Waals surface area contributed by atoms with Gasteiger partial charge in [0.05, 0.1) is 5.01 Å². The van der Waals surface area contributed by atoms with E-state index in [-0.39, 0.29) is 11.3 Å². The van der Waals surface area contributed by atoms with Crippen molar-refractivity contribution in [2.45, 2.75) is 34.1 Å². The molecule has 1 N–H and O–H groups in total. The van der Waals surface area contributed by atoms with Crippen LogP contribution in [0.15, 0.2) is 29.8 Å². The first kappa shape index (κ1) is 15.7. The molecule has 3 aromatic heterocycles. The monoisotopic (exact) mass is 328 g/mol. The van der Waals surface area contributed by atoms with Gasteiger partial charge in [0.15, 0.2) is 5.82 Å². The minimum absolute atomic E-state index is 0.0332. The van der Waals surface area contributed by atoms with Crippen molar-refractivity contribution < 1.29 is 4.79 Å². The second kappa shape index (κ2) is 5.77. The Morgan fingerprint density at radius 2 is 2.09 bits per heavy atom. The molecule has 23 heavy (non-hydrogen) atoms.